The van der Waals surface area contributed by atoms with E-state index in [0.717, 1.165) is 11.8 Å². The number of rotatable bonds is 10. The monoisotopic (exact) mass is 369 g/mol. The van der Waals surface area contributed by atoms with E-state index >= 15 is 0 Å². The fraction of sp³-hybridized carbons (Fsp3) is 1.00. The van der Waals surface area contributed by atoms with Crippen LogP contribution in [-0.2, 0) is 0 Å². The van der Waals surface area contributed by atoms with Crippen molar-refractivity contribution in [3.63, 3.8) is 0 Å². The van der Waals surface area contributed by atoms with Crippen molar-refractivity contribution in [3.05, 3.63) is 0 Å². The van der Waals surface area contributed by atoms with Crippen LogP contribution in [0.25, 0.3) is 0 Å². The molecule has 0 aromatic rings. The molecule has 0 atom stereocenters. The van der Waals surface area contributed by atoms with E-state index in [0.29, 0.717) is 0 Å². The van der Waals surface area contributed by atoms with Gasteiger partial charge in [0, 0.05) is 0 Å². The van der Waals surface area contributed by atoms with Gasteiger partial charge in [0.2, 0.25) is 0 Å². The van der Waals surface area contributed by atoms with Crippen molar-refractivity contribution >= 4 is 0 Å². The Balaban J connectivity index is 0. The molecule has 2 heteroatoms. The van der Waals surface area contributed by atoms with Crippen molar-refractivity contribution < 1.29 is 28.5 Å². The van der Waals surface area contributed by atoms with Crippen molar-refractivity contribution in [1.29, 1.82) is 0 Å². The third-order valence-electron chi connectivity index (χ3n) is 3.76. The molecule has 0 spiro atoms. The molecule has 0 aliphatic rings. The van der Waals surface area contributed by atoms with Gasteiger partial charge in [0.15, 0.2) is 0 Å². The molecule has 0 unspecified atom stereocenters. The van der Waals surface area contributed by atoms with Crippen LogP contribution in [-0.4, -0.2) is 30.7 Å². The molecule has 0 heterocycles. The molecule has 0 aromatic heterocycles. The first kappa shape index (κ1) is 21.0. The molecule has 0 amide bonds. The molecule has 18 heavy (non-hydrogen) atoms. The van der Waals surface area contributed by atoms with Crippen LogP contribution >= 0.6 is 0 Å². The summed E-state index contributed by atoms with van der Waals surface area (Å²) in [4.78, 5) is 0. The Labute approximate surface area is 133 Å². The lowest BCUT2D eigenvalue weighted by molar-refractivity contribution is -0.929. The van der Waals surface area contributed by atoms with Gasteiger partial charge in [0.05, 0.1) is 26.2 Å². The number of hydrogen-bond acceptors (Lipinski definition) is 0. The van der Waals surface area contributed by atoms with Gasteiger partial charge in [-0.3, -0.25) is 0 Å². The largest absolute Gasteiger partial charge is 1.00 e. The predicted octanol–water partition coefficient (Wildman–Crippen LogP) is 1.72. The summed E-state index contributed by atoms with van der Waals surface area (Å²) in [5.41, 5.74) is 0. The summed E-state index contributed by atoms with van der Waals surface area (Å²) >= 11 is 0. The van der Waals surface area contributed by atoms with Crippen LogP contribution in [0.15, 0.2) is 0 Å². The Morgan fingerprint density at radius 1 is 0.667 bits per heavy atom. The molecule has 1 nitrogen and oxygen atoms in total. The average Bonchev–Trinajstić information content (AvgIpc) is 2.24. The van der Waals surface area contributed by atoms with Crippen LogP contribution in [0.4, 0.5) is 0 Å². The fourth-order valence-electron chi connectivity index (χ4n) is 2.68. The van der Waals surface area contributed by atoms with Gasteiger partial charge in [0.1, 0.15) is 0 Å². The quantitative estimate of drug-likeness (QED) is 0.406. The zero-order chi connectivity index (χ0) is 13.3. The van der Waals surface area contributed by atoms with E-state index < -0.39 is 0 Å². The Morgan fingerprint density at radius 3 is 1.22 bits per heavy atom. The Kier molecular flexibility index (Phi) is 13.4. The van der Waals surface area contributed by atoms with E-state index in [1.54, 1.807) is 0 Å². The van der Waals surface area contributed by atoms with Gasteiger partial charge >= 0.3 is 0 Å². The minimum atomic E-state index is 0. The molecular formula is C16H36IN. The topological polar surface area (TPSA) is 0 Å². The highest BCUT2D eigenvalue weighted by atomic mass is 127. The van der Waals surface area contributed by atoms with E-state index in [1.807, 2.05) is 0 Å². The average molecular weight is 369 g/mol. The van der Waals surface area contributed by atoms with Crippen molar-refractivity contribution in [2.24, 2.45) is 11.8 Å². The van der Waals surface area contributed by atoms with Crippen LogP contribution in [0.2, 0.25) is 0 Å². The highest BCUT2D eigenvalue weighted by molar-refractivity contribution is 4.52. The number of quaternary nitrogens is 1. The number of hydrogen-bond donors (Lipinski definition) is 0. The summed E-state index contributed by atoms with van der Waals surface area (Å²) in [6, 6.07) is 0. The summed E-state index contributed by atoms with van der Waals surface area (Å²) < 4.78 is 1.38. The van der Waals surface area contributed by atoms with Crippen LogP contribution < -0.4 is 24.0 Å². The fourth-order valence-corrected chi connectivity index (χ4v) is 2.68. The van der Waals surface area contributed by atoms with E-state index in [-0.39, 0.29) is 24.0 Å². The molecule has 0 bridgehead atoms. The number of nitrogens with zero attached hydrogens (tertiary/aromatic N) is 1. The summed E-state index contributed by atoms with van der Waals surface area (Å²) in [5, 5.41) is 0. The van der Waals surface area contributed by atoms with Crippen molar-refractivity contribution in [2.75, 3.05) is 26.2 Å². The number of halogens is 1. The Bertz CT molecular complexity index is 158. The molecule has 0 N–H and O–H groups in total. The molecule has 0 saturated carbocycles. The first-order chi connectivity index (χ1) is 7.95. The molecule has 0 radical (unpaired) electrons. The van der Waals surface area contributed by atoms with Crippen molar-refractivity contribution in [3.8, 4) is 0 Å². The molecular weight excluding hydrogens is 333 g/mol. The van der Waals surface area contributed by atoms with E-state index in [2.05, 4.69) is 41.5 Å². The normalized spacial score (nSPS) is 12.0. The van der Waals surface area contributed by atoms with Crippen LogP contribution in [0.3, 0.4) is 0 Å². The van der Waals surface area contributed by atoms with E-state index in [4.69, 9.17) is 0 Å². The van der Waals surface area contributed by atoms with Crippen LogP contribution in [0, 0.1) is 11.8 Å². The molecule has 0 saturated heterocycles. The van der Waals surface area contributed by atoms with Gasteiger partial charge < -0.3 is 28.5 Å². The molecule has 0 fully saturated rings. The second-order valence-corrected chi connectivity index (χ2v) is 6.60. The molecule has 0 aliphatic heterocycles. The zero-order valence-corrected chi connectivity index (χ0v) is 15.8. The molecule has 0 aromatic carbocycles. The van der Waals surface area contributed by atoms with Crippen LogP contribution in [0.1, 0.15) is 67.2 Å². The van der Waals surface area contributed by atoms with E-state index in [9.17, 15) is 0 Å². The van der Waals surface area contributed by atoms with Crippen molar-refractivity contribution in [2.45, 2.75) is 67.2 Å². The van der Waals surface area contributed by atoms with E-state index in [1.165, 1.54) is 56.3 Å². The highest BCUT2D eigenvalue weighted by Crippen LogP contribution is 2.17. The van der Waals surface area contributed by atoms with Crippen molar-refractivity contribution in [1.82, 2.24) is 0 Å². The minimum Gasteiger partial charge on any atom is -1.00 e. The van der Waals surface area contributed by atoms with Gasteiger partial charge in [-0.25, -0.2) is 0 Å². The lowest BCUT2D eigenvalue weighted by Crippen LogP contribution is -3.00. The summed E-state index contributed by atoms with van der Waals surface area (Å²) in [6.45, 7) is 19.7. The third-order valence-corrected chi connectivity index (χ3v) is 3.76. The van der Waals surface area contributed by atoms with Gasteiger partial charge in [-0.15, -0.1) is 0 Å². The highest BCUT2D eigenvalue weighted by Gasteiger charge is 2.25. The Hall–Kier alpha value is 0.690. The predicted molar refractivity (Wildman–Crippen MR) is 79.2 cm³/mol. The van der Waals surface area contributed by atoms with Gasteiger partial charge in [0.25, 0.3) is 0 Å². The summed E-state index contributed by atoms with van der Waals surface area (Å²) in [7, 11) is 0. The first-order valence-corrected chi connectivity index (χ1v) is 7.81. The second-order valence-electron chi connectivity index (χ2n) is 6.60. The molecule has 0 rings (SSSR count). The lowest BCUT2D eigenvalue weighted by Gasteiger charge is -2.39. The summed E-state index contributed by atoms with van der Waals surface area (Å²) in [5.74, 6) is 1.69. The first-order valence-electron chi connectivity index (χ1n) is 7.81. The molecule has 112 valence electrons. The standard InChI is InChI=1S/C16H36N.HI/c1-7-11-17(12-8-2,13-9-15(3)4)14-10-16(5)6;/h15-16H,7-14H2,1-6H3;1H/q+1;/p-1. The van der Waals surface area contributed by atoms with Gasteiger partial charge in [-0.05, 0) is 37.5 Å². The maximum atomic E-state index is 2.36. The van der Waals surface area contributed by atoms with Crippen LogP contribution in [0.5, 0.6) is 0 Å². The third kappa shape index (κ3) is 9.60. The van der Waals surface area contributed by atoms with Gasteiger partial charge in [-0.1, -0.05) is 41.5 Å². The maximum absolute atomic E-state index is 2.36. The molecule has 0 aliphatic carbocycles. The van der Waals surface area contributed by atoms with Gasteiger partial charge in [-0.2, -0.15) is 0 Å². The summed E-state index contributed by atoms with van der Waals surface area (Å²) in [6.07, 6.45) is 5.43. The second kappa shape index (κ2) is 11.5. The smallest absolute Gasteiger partial charge is 0.0789 e. The SMILES string of the molecule is CCC[N+](CCC)(CCC(C)C)CCC(C)C.[I-]. The lowest BCUT2D eigenvalue weighted by atomic mass is 10.1. The zero-order valence-electron chi connectivity index (χ0n) is 13.6. The maximum Gasteiger partial charge on any atom is 0.0789 e. The minimum absolute atomic E-state index is 0. The Morgan fingerprint density at radius 2 is 1.00 bits per heavy atom.